The van der Waals surface area contributed by atoms with E-state index < -0.39 is 0 Å². The van der Waals surface area contributed by atoms with Crippen LogP contribution in [0.4, 0.5) is 0 Å². The predicted octanol–water partition coefficient (Wildman–Crippen LogP) is -0.136. The van der Waals surface area contributed by atoms with Crippen LogP contribution in [0.15, 0.2) is 0 Å². The molecule has 0 aromatic heterocycles. The van der Waals surface area contributed by atoms with E-state index in [9.17, 15) is 9.90 Å². The first kappa shape index (κ1) is 9.93. The van der Waals surface area contributed by atoms with Crippen LogP contribution in [-0.2, 0) is 9.53 Å². The molecule has 0 spiro atoms. The van der Waals surface area contributed by atoms with E-state index in [1.165, 1.54) is 0 Å². The number of carbonyl (C=O) groups is 1. The Hall–Kier alpha value is -0.610. The first-order valence-corrected chi connectivity index (χ1v) is 5.18. The molecule has 1 amide bonds. The van der Waals surface area contributed by atoms with Crippen molar-refractivity contribution >= 4 is 5.91 Å². The number of rotatable bonds is 2. The third kappa shape index (κ3) is 1.33. The summed E-state index contributed by atoms with van der Waals surface area (Å²) in [6.07, 6.45) is 0.551. The smallest absolute Gasteiger partial charge is 0.222 e. The van der Waals surface area contributed by atoms with Gasteiger partial charge in [-0.15, -0.1) is 0 Å². The van der Waals surface area contributed by atoms with Gasteiger partial charge in [-0.25, -0.2) is 0 Å². The van der Waals surface area contributed by atoms with Crippen LogP contribution in [0.1, 0.15) is 13.3 Å². The van der Waals surface area contributed by atoms with Gasteiger partial charge in [0.1, 0.15) is 0 Å². The van der Waals surface area contributed by atoms with Gasteiger partial charge in [0.05, 0.1) is 19.8 Å². The molecule has 0 aromatic carbocycles. The van der Waals surface area contributed by atoms with Gasteiger partial charge in [-0.2, -0.15) is 0 Å². The lowest BCUT2D eigenvalue weighted by Crippen LogP contribution is -2.36. The van der Waals surface area contributed by atoms with Crippen molar-refractivity contribution < 1.29 is 14.6 Å². The topological polar surface area (TPSA) is 49.8 Å². The number of ether oxygens (including phenoxy) is 1. The molecule has 2 saturated heterocycles. The highest BCUT2D eigenvalue weighted by molar-refractivity contribution is 5.76. The van der Waals surface area contributed by atoms with Gasteiger partial charge in [0.2, 0.25) is 5.91 Å². The van der Waals surface area contributed by atoms with Crippen LogP contribution < -0.4 is 0 Å². The van der Waals surface area contributed by atoms with Crippen LogP contribution in [0.5, 0.6) is 0 Å². The van der Waals surface area contributed by atoms with E-state index in [0.29, 0.717) is 32.1 Å². The van der Waals surface area contributed by atoms with E-state index in [1.54, 1.807) is 0 Å². The number of likely N-dealkylation sites (tertiary alicyclic amines) is 1. The van der Waals surface area contributed by atoms with E-state index in [0.717, 1.165) is 6.54 Å². The van der Waals surface area contributed by atoms with Gasteiger partial charge in [0, 0.05) is 30.8 Å². The normalized spacial score (nSPS) is 36.1. The molecule has 4 heteroatoms. The third-order valence-corrected chi connectivity index (χ3v) is 3.49. The van der Waals surface area contributed by atoms with Gasteiger partial charge in [0.25, 0.3) is 0 Å². The molecule has 4 nitrogen and oxygen atoms in total. The molecule has 2 heterocycles. The summed E-state index contributed by atoms with van der Waals surface area (Å²) in [5, 5.41) is 9.38. The minimum atomic E-state index is -0.162. The van der Waals surface area contributed by atoms with Gasteiger partial charge < -0.3 is 14.7 Å². The Labute approximate surface area is 83.8 Å². The standard InChI is InChI=1S/C10H17NO3/c1-2-9(13)11-3-8-4-14-7-10(8,5-11)6-12/h8,12H,2-7H2,1H3. The fourth-order valence-corrected chi connectivity index (χ4v) is 2.47. The summed E-state index contributed by atoms with van der Waals surface area (Å²) in [6, 6.07) is 0. The quantitative estimate of drug-likeness (QED) is 0.673. The summed E-state index contributed by atoms with van der Waals surface area (Å²) in [7, 11) is 0. The second-order valence-electron chi connectivity index (χ2n) is 4.36. The molecule has 0 aromatic rings. The highest BCUT2D eigenvalue weighted by atomic mass is 16.5. The van der Waals surface area contributed by atoms with Gasteiger partial charge >= 0.3 is 0 Å². The number of nitrogens with zero attached hydrogens (tertiary/aromatic N) is 1. The highest BCUT2D eigenvalue weighted by Crippen LogP contribution is 2.40. The average Bonchev–Trinajstić information content (AvgIpc) is 2.72. The zero-order valence-corrected chi connectivity index (χ0v) is 8.53. The molecule has 1 N–H and O–H groups in total. The van der Waals surface area contributed by atoms with Crippen molar-refractivity contribution in [1.29, 1.82) is 0 Å². The van der Waals surface area contributed by atoms with Crippen LogP contribution in [0.2, 0.25) is 0 Å². The van der Waals surface area contributed by atoms with Crippen LogP contribution in [0.25, 0.3) is 0 Å². The molecule has 0 radical (unpaired) electrons. The monoisotopic (exact) mass is 199 g/mol. The number of hydrogen-bond donors (Lipinski definition) is 1. The fraction of sp³-hybridized carbons (Fsp3) is 0.900. The molecule has 0 saturated carbocycles. The van der Waals surface area contributed by atoms with Crippen LogP contribution >= 0.6 is 0 Å². The molecule has 0 bridgehead atoms. The Morgan fingerprint density at radius 3 is 3.07 bits per heavy atom. The minimum absolute atomic E-state index is 0.130. The third-order valence-electron chi connectivity index (χ3n) is 3.49. The molecule has 2 aliphatic heterocycles. The lowest BCUT2D eigenvalue weighted by molar-refractivity contribution is -0.130. The predicted molar refractivity (Wildman–Crippen MR) is 50.7 cm³/mol. The summed E-state index contributed by atoms with van der Waals surface area (Å²) in [5.74, 6) is 0.523. The lowest BCUT2D eigenvalue weighted by atomic mass is 9.82. The molecule has 14 heavy (non-hydrogen) atoms. The maximum Gasteiger partial charge on any atom is 0.222 e. The van der Waals surface area contributed by atoms with E-state index in [1.807, 2.05) is 11.8 Å². The van der Waals surface area contributed by atoms with Crippen molar-refractivity contribution in [3.05, 3.63) is 0 Å². The maximum absolute atomic E-state index is 11.5. The Bertz CT molecular complexity index is 244. The van der Waals surface area contributed by atoms with Gasteiger partial charge in [-0.1, -0.05) is 6.92 Å². The van der Waals surface area contributed by atoms with E-state index in [2.05, 4.69) is 0 Å². The summed E-state index contributed by atoms with van der Waals surface area (Å²) in [4.78, 5) is 13.4. The second-order valence-corrected chi connectivity index (χ2v) is 4.36. The van der Waals surface area contributed by atoms with Crippen molar-refractivity contribution in [2.24, 2.45) is 11.3 Å². The fourth-order valence-electron chi connectivity index (χ4n) is 2.47. The Morgan fingerprint density at radius 2 is 2.50 bits per heavy atom. The molecule has 2 aliphatic rings. The van der Waals surface area contributed by atoms with Crippen LogP contribution in [0, 0.1) is 11.3 Å². The average molecular weight is 199 g/mol. The van der Waals surface area contributed by atoms with Crippen molar-refractivity contribution in [2.75, 3.05) is 32.9 Å². The zero-order chi connectivity index (χ0) is 10.2. The molecule has 0 aliphatic carbocycles. The second kappa shape index (κ2) is 3.51. The first-order chi connectivity index (χ1) is 6.72. The molecular weight excluding hydrogens is 182 g/mol. The first-order valence-electron chi connectivity index (χ1n) is 5.18. The number of hydrogen-bond acceptors (Lipinski definition) is 3. The SMILES string of the molecule is CCC(=O)N1CC2COCC2(CO)C1. The summed E-state index contributed by atoms with van der Waals surface area (Å²) >= 11 is 0. The maximum atomic E-state index is 11.5. The molecule has 2 fully saturated rings. The van der Waals surface area contributed by atoms with Gasteiger partial charge in [-0.3, -0.25) is 4.79 Å². The van der Waals surface area contributed by atoms with Crippen molar-refractivity contribution in [2.45, 2.75) is 13.3 Å². The van der Waals surface area contributed by atoms with E-state index >= 15 is 0 Å². The van der Waals surface area contributed by atoms with Crippen LogP contribution in [-0.4, -0.2) is 48.8 Å². The number of amides is 1. The molecule has 2 unspecified atom stereocenters. The van der Waals surface area contributed by atoms with Crippen molar-refractivity contribution in [3.63, 3.8) is 0 Å². The van der Waals surface area contributed by atoms with E-state index in [4.69, 9.17) is 4.74 Å². The molecule has 80 valence electrons. The largest absolute Gasteiger partial charge is 0.396 e. The number of fused-ring (bicyclic) bond motifs is 1. The van der Waals surface area contributed by atoms with Crippen molar-refractivity contribution in [3.8, 4) is 0 Å². The van der Waals surface area contributed by atoms with Crippen LogP contribution in [0.3, 0.4) is 0 Å². The molecule has 2 atom stereocenters. The van der Waals surface area contributed by atoms with Gasteiger partial charge in [0.15, 0.2) is 0 Å². The van der Waals surface area contributed by atoms with Crippen molar-refractivity contribution in [1.82, 2.24) is 4.90 Å². The summed E-state index contributed by atoms with van der Waals surface area (Å²) < 4.78 is 5.37. The Balaban J connectivity index is 2.08. The number of aliphatic hydroxyl groups is 1. The summed E-state index contributed by atoms with van der Waals surface area (Å²) in [5.41, 5.74) is -0.162. The molecule has 2 rings (SSSR count). The van der Waals surface area contributed by atoms with E-state index in [-0.39, 0.29) is 17.9 Å². The van der Waals surface area contributed by atoms with Gasteiger partial charge in [-0.05, 0) is 0 Å². The highest BCUT2D eigenvalue weighted by Gasteiger charge is 2.51. The molecular formula is C10H17NO3. The summed E-state index contributed by atoms with van der Waals surface area (Å²) in [6.45, 7) is 4.72. The number of aliphatic hydroxyl groups excluding tert-OH is 1. The Kier molecular flexibility index (Phi) is 2.49. The lowest BCUT2D eigenvalue weighted by Gasteiger charge is -2.23. The Morgan fingerprint density at radius 1 is 1.71 bits per heavy atom. The number of carbonyl (C=O) groups excluding carboxylic acids is 1. The minimum Gasteiger partial charge on any atom is -0.396 e. The zero-order valence-electron chi connectivity index (χ0n) is 8.53.